The quantitative estimate of drug-likeness (QED) is 0.850. The molecule has 0 aromatic heterocycles. The second kappa shape index (κ2) is 8.97. The first-order valence-corrected chi connectivity index (χ1v) is 6.53. The Hall–Kier alpha value is -0.0300. The average Bonchev–Trinajstić information content (AvgIpc) is 2.24. The van der Waals surface area contributed by atoms with Gasteiger partial charge in [-0.05, 0) is 25.8 Å². The number of hydrogen-bond acceptors (Lipinski definition) is 3. The van der Waals surface area contributed by atoms with Gasteiger partial charge in [0.05, 0.1) is 0 Å². The summed E-state index contributed by atoms with van der Waals surface area (Å²) in [4.78, 5) is 16.3. The maximum absolute atomic E-state index is 11.8. The van der Waals surface area contributed by atoms with E-state index in [1.807, 2.05) is 4.90 Å². The first-order valence-electron chi connectivity index (χ1n) is 6.53. The molecule has 1 saturated heterocycles. The third-order valence-corrected chi connectivity index (χ3v) is 3.85. The number of amides is 1. The van der Waals surface area contributed by atoms with Crippen LogP contribution in [0.2, 0.25) is 0 Å². The molecule has 0 aromatic rings. The van der Waals surface area contributed by atoms with Gasteiger partial charge in [0.25, 0.3) is 0 Å². The summed E-state index contributed by atoms with van der Waals surface area (Å²) in [6, 6.07) is 0.821. The van der Waals surface area contributed by atoms with Gasteiger partial charge in [0.1, 0.15) is 0 Å². The topological polar surface area (TPSA) is 49.6 Å². The number of halogens is 2. The molecule has 2 rings (SSSR count). The van der Waals surface area contributed by atoms with Crippen LogP contribution in [0.3, 0.4) is 0 Å². The molecule has 0 radical (unpaired) electrons. The molecule has 2 fully saturated rings. The normalized spacial score (nSPS) is 20.6. The highest BCUT2D eigenvalue weighted by Gasteiger charge is 2.28. The van der Waals surface area contributed by atoms with E-state index in [0.29, 0.717) is 18.9 Å². The van der Waals surface area contributed by atoms with Crippen LogP contribution in [-0.4, -0.2) is 54.5 Å². The van der Waals surface area contributed by atoms with Crippen molar-refractivity contribution in [2.75, 3.05) is 32.7 Å². The van der Waals surface area contributed by atoms with Crippen molar-refractivity contribution in [2.24, 2.45) is 5.73 Å². The van der Waals surface area contributed by atoms with Crippen molar-refractivity contribution in [2.45, 2.75) is 38.1 Å². The number of nitrogens with zero attached hydrogens (tertiary/aromatic N) is 2. The van der Waals surface area contributed by atoms with E-state index < -0.39 is 0 Å². The molecule has 0 unspecified atom stereocenters. The molecule has 1 aliphatic carbocycles. The van der Waals surface area contributed by atoms with E-state index in [9.17, 15) is 4.79 Å². The van der Waals surface area contributed by atoms with E-state index in [2.05, 4.69) is 4.90 Å². The van der Waals surface area contributed by atoms with Crippen LogP contribution in [0.4, 0.5) is 0 Å². The fourth-order valence-electron chi connectivity index (χ4n) is 2.50. The van der Waals surface area contributed by atoms with Gasteiger partial charge in [-0.3, -0.25) is 9.69 Å². The molecule has 1 saturated carbocycles. The largest absolute Gasteiger partial charge is 0.340 e. The molecular weight excluding hydrogens is 273 g/mol. The Balaban J connectivity index is 0.00000144. The minimum atomic E-state index is 0. The first-order chi connectivity index (χ1) is 7.81. The Morgan fingerprint density at radius 2 is 1.72 bits per heavy atom. The molecule has 1 heterocycles. The van der Waals surface area contributed by atoms with Crippen molar-refractivity contribution in [3.8, 4) is 0 Å². The predicted molar refractivity (Wildman–Crippen MR) is 78.6 cm³/mol. The Kier molecular flexibility index (Phi) is 8.95. The minimum Gasteiger partial charge on any atom is -0.340 e. The van der Waals surface area contributed by atoms with Crippen LogP contribution in [0, 0.1) is 0 Å². The van der Waals surface area contributed by atoms with Gasteiger partial charge in [-0.1, -0.05) is 6.42 Å². The van der Waals surface area contributed by atoms with Gasteiger partial charge in [0, 0.05) is 38.6 Å². The zero-order valence-electron chi connectivity index (χ0n) is 10.8. The highest BCUT2D eigenvalue weighted by Crippen LogP contribution is 2.25. The number of piperazine rings is 1. The summed E-state index contributed by atoms with van der Waals surface area (Å²) >= 11 is 0. The van der Waals surface area contributed by atoms with Gasteiger partial charge in [0.2, 0.25) is 5.91 Å². The van der Waals surface area contributed by atoms with Crippen LogP contribution < -0.4 is 5.73 Å². The molecule has 18 heavy (non-hydrogen) atoms. The molecule has 2 aliphatic rings. The second-order valence-electron chi connectivity index (χ2n) is 4.89. The van der Waals surface area contributed by atoms with Gasteiger partial charge >= 0.3 is 0 Å². The molecule has 2 N–H and O–H groups in total. The summed E-state index contributed by atoms with van der Waals surface area (Å²) in [5.41, 5.74) is 5.41. The van der Waals surface area contributed by atoms with Gasteiger partial charge in [0.15, 0.2) is 0 Å². The van der Waals surface area contributed by atoms with E-state index in [1.165, 1.54) is 19.3 Å². The van der Waals surface area contributed by atoms with Crippen molar-refractivity contribution in [1.29, 1.82) is 0 Å². The molecule has 6 heteroatoms. The maximum Gasteiger partial charge on any atom is 0.222 e. The number of carbonyl (C=O) groups excluding carboxylic acids is 1. The van der Waals surface area contributed by atoms with Crippen molar-refractivity contribution in [3.05, 3.63) is 0 Å². The number of carbonyl (C=O) groups is 1. The number of hydrogen-bond donors (Lipinski definition) is 1. The van der Waals surface area contributed by atoms with E-state index >= 15 is 0 Å². The van der Waals surface area contributed by atoms with Crippen molar-refractivity contribution in [3.63, 3.8) is 0 Å². The molecule has 0 aromatic carbocycles. The smallest absolute Gasteiger partial charge is 0.222 e. The SMILES string of the molecule is Cl.Cl.NCCCC(=O)N1CCN(C2CCC2)CC1. The summed E-state index contributed by atoms with van der Waals surface area (Å²) in [7, 11) is 0. The highest BCUT2D eigenvalue weighted by molar-refractivity contribution is 5.85. The van der Waals surface area contributed by atoms with E-state index in [1.54, 1.807) is 0 Å². The Morgan fingerprint density at radius 3 is 2.17 bits per heavy atom. The van der Waals surface area contributed by atoms with Gasteiger partial charge in [-0.2, -0.15) is 0 Å². The molecule has 0 bridgehead atoms. The van der Waals surface area contributed by atoms with Gasteiger partial charge < -0.3 is 10.6 Å². The molecule has 0 spiro atoms. The maximum atomic E-state index is 11.8. The van der Waals surface area contributed by atoms with Crippen LogP contribution >= 0.6 is 24.8 Å². The first kappa shape index (κ1) is 18.0. The lowest BCUT2D eigenvalue weighted by molar-refractivity contribution is -0.133. The monoisotopic (exact) mass is 297 g/mol. The zero-order chi connectivity index (χ0) is 11.4. The third kappa shape index (κ3) is 4.57. The second-order valence-corrected chi connectivity index (χ2v) is 4.89. The predicted octanol–water partition coefficient (Wildman–Crippen LogP) is 1.27. The van der Waals surface area contributed by atoms with Crippen molar-refractivity contribution in [1.82, 2.24) is 9.80 Å². The Labute approximate surface area is 122 Å². The number of rotatable bonds is 4. The fourth-order valence-corrected chi connectivity index (χ4v) is 2.50. The number of nitrogens with two attached hydrogens (primary N) is 1. The summed E-state index contributed by atoms with van der Waals surface area (Å²) in [5.74, 6) is 0.290. The molecule has 108 valence electrons. The summed E-state index contributed by atoms with van der Waals surface area (Å²) in [6.45, 7) is 4.59. The van der Waals surface area contributed by atoms with Crippen LogP contribution in [0.5, 0.6) is 0 Å². The van der Waals surface area contributed by atoms with Crippen molar-refractivity contribution < 1.29 is 4.79 Å². The van der Waals surface area contributed by atoms with Crippen LogP contribution in [0.25, 0.3) is 0 Å². The molecule has 1 amide bonds. The van der Waals surface area contributed by atoms with E-state index in [4.69, 9.17) is 5.73 Å². The standard InChI is InChI=1S/C12H23N3O.2ClH/c13-6-2-5-12(16)15-9-7-14(8-10-15)11-3-1-4-11;;/h11H,1-10,13H2;2*1H. The summed E-state index contributed by atoms with van der Waals surface area (Å²) < 4.78 is 0. The van der Waals surface area contributed by atoms with Crippen molar-refractivity contribution >= 4 is 30.7 Å². The van der Waals surface area contributed by atoms with E-state index in [0.717, 1.165) is 38.6 Å². The minimum absolute atomic E-state index is 0. The highest BCUT2D eigenvalue weighted by atomic mass is 35.5. The average molecular weight is 298 g/mol. The van der Waals surface area contributed by atoms with Gasteiger partial charge in [-0.25, -0.2) is 0 Å². The molecule has 4 nitrogen and oxygen atoms in total. The van der Waals surface area contributed by atoms with Gasteiger partial charge in [-0.15, -0.1) is 24.8 Å². The van der Waals surface area contributed by atoms with E-state index in [-0.39, 0.29) is 24.8 Å². The fraction of sp³-hybridized carbons (Fsp3) is 0.917. The zero-order valence-corrected chi connectivity index (χ0v) is 12.5. The van der Waals surface area contributed by atoms with Crippen LogP contribution in [0.15, 0.2) is 0 Å². The summed E-state index contributed by atoms with van der Waals surface area (Å²) in [5, 5.41) is 0. The lowest BCUT2D eigenvalue weighted by Crippen LogP contribution is -2.53. The summed E-state index contributed by atoms with van der Waals surface area (Å²) in [6.07, 6.45) is 5.56. The third-order valence-electron chi connectivity index (χ3n) is 3.85. The lowest BCUT2D eigenvalue weighted by atomic mass is 9.91. The van der Waals surface area contributed by atoms with Crippen LogP contribution in [-0.2, 0) is 4.79 Å². The Morgan fingerprint density at radius 1 is 1.11 bits per heavy atom. The lowest BCUT2D eigenvalue weighted by Gasteiger charge is -2.43. The molecule has 1 aliphatic heterocycles. The molecule has 0 atom stereocenters. The molecular formula is C12H25Cl2N3O. The van der Waals surface area contributed by atoms with Crippen LogP contribution in [0.1, 0.15) is 32.1 Å². The Bertz CT molecular complexity index is 241.